The molecule has 0 aromatic heterocycles. The van der Waals surface area contributed by atoms with E-state index in [0.717, 1.165) is 23.5 Å². The number of ether oxygens (including phenoxy) is 3. The number of carbonyl (C=O) groups excluding carboxylic acids is 1. The fraction of sp³-hybridized carbons (Fsp3) is 0.562. The van der Waals surface area contributed by atoms with E-state index in [9.17, 15) is 4.79 Å². The lowest BCUT2D eigenvalue weighted by atomic mass is 10.2. The Morgan fingerprint density at radius 2 is 2.32 bits per heavy atom. The smallest absolute Gasteiger partial charge is 0.318 e. The average molecular weight is 306 g/mol. The second-order valence-electron chi connectivity index (χ2n) is 5.77. The van der Waals surface area contributed by atoms with E-state index in [0.29, 0.717) is 26.3 Å². The highest BCUT2D eigenvalue weighted by molar-refractivity contribution is 5.74. The van der Waals surface area contributed by atoms with Crippen molar-refractivity contribution in [3.8, 4) is 11.5 Å². The number of methoxy groups -OCH3 is 1. The van der Waals surface area contributed by atoms with Gasteiger partial charge in [-0.05, 0) is 25.5 Å². The molecular formula is C16H22N2O4. The summed E-state index contributed by atoms with van der Waals surface area (Å²) < 4.78 is 16.4. The van der Waals surface area contributed by atoms with Crippen molar-refractivity contribution in [2.45, 2.75) is 32.0 Å². The number of carbonyl (C=O) groups is 1. The van der Waals surface area contributed by atoms with Gasteiger partial charge in [0.2, 0.25) is 0 Å². The highest BCUT2D eigenvalue weighted by atomic mass is 16.5. The maximum atomic E-state index is 12.4. The molecule has 6 heteroatoms. The third kappa shape index (κ3) is 3.27. The molecule has 6 nitrogen and oxygen atoms in total. The van der Waals surface area contributed by atoms with Gasteiger partial charge in [-0.1, -0.05) is 0 Å². The van der Waals surface area contributed by atoms with Crippen LogP contribution in [-0.2, 0) is 11.3 Å². The van der Waals surface area contributed by atoms with Gasteiger partial charge < -0.3 is 24.4 Å². The molecule has 22 heavy (non-hydrogen) atoms. The molecule has 1 N–H and O–H groups in total. The molecule has 2 aliphatic rings. The summed E-state index contributed by atoms with van der Waals surface area (Å²) in [5, 5.41) is 3.04. The van der Waals surface area contributed by atoms with E-state index in [-0.39, 0.29) is 18.2 Å². The van der Waals surface area contributed by atoms with Gasteiger partial charge in [-0.25, -0.2) is 4.79 Å². The monoisotopic (exact) mass is 306 g/mol. The Balaban J connectivity index is 1.66. The van der Waals surface area contributed by atoms with Crippen LogP contribution in [0.3, 0.4) is 0 Å². The lowest BCUT2D eigenvalue weighted by molar-refractivity contribution is 0.121. The van der Waals surface area contributed by atoms with E-state index in [1.807, 2.05) is 25.1 Å². The Labute approximate surface area is 130 Å². The van der Waals surface area contributed by atoms with Crippen LogP contribution < -0.4 is 14.8 Å². The van der Waals surface area contributed by atoms with E-state index in [2.05, 4.69) is 5.32 Å². The van der Waals surface area contributed by atoms with Crippen LogP contribution in [0.2, 0.25) is 0 Å². The number of benzene rings is 1. The molecule has 0 spiro atoms. The van der Waals surface area contributed by atoms with Crippen molar-refractivity contribution in [3.05, 3.63) is 23.8 Å². The molecule has 1 aromatic rings. The van der Waals surface area contributed by atoms with Crippen molar-refractivity contribution in [2.75, 3.05) is 26.9 Å². The second kappa shape index (κ2) is 6.44. The predicted molar refractivity (Wildman–Crippen MR) is 81.2 cm³/mol. The first-order valence-corrected chi connectivity index (χ1v) is 7.62. The summed E-state index contributed by atoms with van der Waals surface area (Å²) in [5.41, 5.74) is 0.990. The molecule has 0 radical (unpaired) electrons. The Morgan fingerprint density at radius 1 is 1.45 bits per heavy atom. The van der Waals surface area contributed by atoms with Crippen molar-refractivity contribution >= 4 is 6.03 Å². The maximum absolute atomic E-state index is 12.4. The van der Waals surface area contributed by atoms with E-state index >= 15 is 0 Å². The average Bonchev–Trinajstić information content (AvgIpc) is 2.81. The van der Waals surface area contributed by atoms with Crippen LogP contribution in [0.15, 0.2) is 18.2 Å². The third-order valence-corrected chi connectivity index (χ3v) is 4.07. The molecule has 0 bridgehead atoms. The largest absolute Gasteiger partial charge is 0.497 e. The van der Waals surface area contributed by atoms with Gasteiger partial charge in [0, 0.05) is 11.6 Å². The lowest BCUT2D eigenvalue weighted by Gasteiger charge is -2.22. The topological polar surface area (TPSA) is 60.0 Å². The van der Waals surface area contributed by atoms with Crippen LogP contribution in [0, 0.1) is 0 Å². The first-order chi connectivity index (χ1) is 10.7. The van der Waals surface area contributed by atoms with E-state index < -0.39 is 0 Å². The van der Waals surface area contributed by atoms with Crippen LogP contribution in [0.25, 0.3) is 0 Å². The van der Waals surface area contributed by atoms with Crippen LogP contribution in [-0.4, -0.2) is 49.9 Å². The normalized spacial score (nSPS) is 24.2. The molecule has 2 aliphatic heterocycles. The third-order valence-electron chi connectivity index (χ3n) is 4.07. The summed E-state index contributed by atoms with van der Waals surface area (Å²) in [6.45, 7) is 4.19. The van der Waals surface area contributed by atoms with Crippen LogP contribution in [0.5, 0.6) is 11.5 Å². The molecule has 120 valence electrons. The zero-order chi connectivity index (χ0) is 15.5. The van der Waals surface area contributed by atoms with E-state index in [1.165, 1.54) is 0 Å². The summed E-state index contributed by atoms with van der Waals surface area (Å²) in [4.78, 5) is 14.2. The summed E-state index contributed by atoms with van der Waals surface area (Å²) >= 11 is 0. The highest BCUT2D eigenvalue weighted by Crippen LogP contribution is 2.28. The maximum Gasteiger partial charge on any atom is 0.318 e. The molecule has 3 rings (SSSR count). The minimum absolute atomic E-state index is 0.0602. The minimum Gasteiger partial charge on any atom is -0.497 e. The van der Waals surface area contributed by atoms with E-state index in [1.54, 1.807) is 12.0 Å². The predicted octanol–water partition coefficient (Wildman–Crippen LogP) is 1.78. The molecule has 2 unspecified atom stereocenters. The number of fused-ring (bicyclic) bond motifs is 1. The van der Waals surface area contributed by atoms with Gasteiger partial charge in [-0.2, -0.15) is 0 Å². The Morgan fingerprint density at radius 3 is 3.05 bits per heavy atom. The van der Waals surface area contributed by atoms with Gasteiger partial charge in [0.15, 0.2) is 0 Å². The van der Waals surface area contributed by atoms with Crippen molar-refractivity contribution in [1.29, 1.82) is 0 Å². The molecular weight excluding hydrogens is 284 g/mol. The number of amides is 2. The van der Waals surface area contributed by atoms with E-state index in [4.69, 9.17) is 14.2 Å². The van der Waals surface area contributed by atoms with Gasteiger partial charge in [0.25, 0.3) is 0 Å². The number of nitrogens with one attached hydrogen (secondary N) is 1. The summed E-state index contributed by atoms with van der Waals surface area (Å²) in [6.07, 6.45) is 1.08. The zero-order valence-corrected chi connectivity index (χ0v) is 13.0. The van der Waals surface area contributed by atoms with Crippen molar-refractivity contribution in [2.24, 2.45) is 0 Å². The molecule has 2 atom stereocenters. The SMILES string of the molecule is COc1ccc2c(c1)OCCN(C(=O)NC1COC(C)C1)C2. The minimum atomic E-state index is -0.0602. The number of hydrogen-bond acceptors (Lipinski definition) is 4. The van der Waals surface area contributed by atoms with Crippen LogP contribution >= 0.6 is 0 Å². The second-order valence-corrected chi connectivity index (χ2v) is 5.77. The quantitative estimate of drug-likeness (QED) is 0.905. The number of hydrogen-bond donors (Lipinski definition) is 1. The fourth-order valence-corrected chi connectivity index (χ4v) is 2.83. The fourth-order valence-electron chi connectivity index (χ4n) is 2.83. The molecule has 2 heterocycles. The summed E-state index contributed by atoms with van der Waals surface area (Å²) in [6, 6.07) is 5.73. The summed E-state index contributed by atoms with van der Waals surface area (Å²) in [5.74, 6) is 1.54. The van der Waals surface area contributed by atoms with Crippen molar-refractivity contribution < 1.29 is 19.0 Å². The van der Waals surface area contributed by atoms with Crippen LogP contribution in [0.4, 0.5) is 4.79 Å². The van der Waals surface area contributed by atoms with Gasteiger partial charge in [-0.15, -0.1) is 0 Å². The Kier molecular flexibility index (Phi) is 4.38. The Hall–Kier alpha value is -1.95. The van der Waals surface area contributed by atoms with Crippen molar-refractivity contribution in [1.82, 2.24) is 10.2 Å². The highest BCUT2D eigenvalue weighted by Gasteiger charge is 2.26. The molecule has 1 aromatic carbocycles. The number of urea groups is 1. The van der Waals surface area contributed by atoms with Gasteiger partial charge in [-0.3, -0.25) is 0 Å². The zero-order valence-electron chi connectivity index (χ0n) is 13.0. The Bertz CT molecular complexity index is 549. The molecule has 2 amide bonds. The van der Waals surface area contributed by atoms with Gasteiger partial charge in [0.1, 0.15) is 18.1 Å². The molecule has 0 saturated carbocycles. The van der Waals surface area contributed by atoms with Crippen molar-refractivity contribution in [3.63, 3.8) is 0 Å². The lowest BCUT2D eigenvalue weighted by Crippen LogP contribution is -2.45. The summed E-state index contributed by atoms with van der Waals surface area (Å²) in [7, 11) is 1.63. The number of nitrogens with zero attached hydrogens (tertiary/aromatic N) is 1. The first-order valence-electron chi connectivity index (χ1n) is 7.62. The van der Waals surface area contributed by atoms with Gasteiger partial charge in [0.05, 0.1) is 39.0 Å². The molecule has 1 saturated heterocycles. The molecule has 0 aliphatic carbocycles. The number of rotatable bonds is 2. The van der Waals surface area contributed by atoms with Gasteiger partial charge >= 0.3 is 6.03 Å². The first kappa shape index (κ1) is 15.0. The molecule has 1 fully saturated rings. The standard InChI is InChI=1S/C16H22N2O4/c1-11-7-13(10-22-11)17-16(19)18-5-6-21-15-8-14(20-2)4-3-12(15)9-18/h3-4,8,11,13H,5-7,9-10H2,1-2H3,(H,17,19). The van der Waals surface area contributed by atoms with Crippen LogP contribution in [0.1, 0.15) is 18.9 Å².